The van der Waals surface area contributed by atoms with E-state index in [0.717, 1.165) is 48.9 Å². The van der Waals surface area contributed by atoms with Crippen LogP contribution in [0.15, 0.2) is 66.7 Å². The number of halogens is 1. The van der Waals surface area contributed by atoms with Gasteiger partial charge >= 0.3 is 0 Å². The molecular formula is C28H26ClN3O2. The first kappa shape index (κ1) is 22.5. The molecule has 3 aromatic carbocycles. The quantitative estimate of drug-likeness (QED) is 0.510. The molecule has 172 valence electrons. The molecular weight excluding hydrogens is 446 g/mol. The van der Waals surface area contributed by atoms with Crippen molar-refractivity contribution in [2.24, 2.45) is 0 Å². The van der Waals surface area contributed by atoms with Crippen molar-refractivity contribution in [1.29, 1.82) is 5.26 Å². The minimum atomic E-state index is -0.100. The Morgan fingerprint density at radius 1 is 1.09 bits per heavy atom. The number of carbonyl (C=O) groups is 1. The highest BCUT2D eigenvalue weighted by Gasteiger charge is 2.46. The molecule has 0 atom stereocenters. The van der Waals surface area contributed by atoms with Crippen molar-refractivity contribution in [3.05, 3.63) is 94.0 Å². The third-order valence-corrected chi connectivity index (χ3v) is 7.38. The maximum Gasteiger partial charge on any atom is 0.258 e. The van der Waals surface area contributed by atoms with Crippen molar-refractivity contribution in [3.8, 4) is 11.8 Å². The number of nitrogens with zero attached hydrogens (tertiary/aromatic N) is 3. The van der Waals surface area contributed by atoms with Crippen LogP contribution in [0.25, 0.3) is 0 Å². The lowest BCUT2D eigenvalue weighted by atomic mass is 9.74. The van der Waals surface area contributed by atoms with E-state index >= 15 is 0 Å². The zero-order valence-corrected chi connectivity index (χ0v) is 19.9. The number of piperidine rings is 1. The summed E-state index contributed by atoms with van der Waals surface area (Å²) in [6.45, 7) is 3.42. The van der Waals surface area contributed by atoms with Gasteiger partial charge in [-0.3, -0.25) is 9.69 Å². The van der Waals surface area contributed by atoms with Crippen molar-refractivity contribution in [1.82, 2.24) is 4.90 Å². The molecule has 6 heteroatoms. The Hall–Kier alpha value is -3.33. The van der Waals surface area contributed by atoms with Crippen LogP contribution in [0.4, 0.5) is 5.69 Å². The van der Waals surface area contributed by atoms with Crippen LogP contribution in [-0.4, -0.2) is 37.6 Å². The Morgan fingerprint density at radius 2 is 1.85 bits per heavy atom. The molecule has 3 aromatic rings. The average molecular weight is 472 g/mol. The maximum absolute atomic E-state index is 13.5. The van der Waals surface area contributed by atoms with Gasteiger partial charge in [0.15, 0.2) is 0 Å². The summed E-state index contributed by atoms with van der Waals surface area (Å²) in [4.78, 5) is 17.9. The van der Waals surface area contributed by atoms with Gasteiger partial charge in [0, 0.05) is 34.8 Å². The van der Waals surface area contributed by atoms with E-state index in [2.05, 4.69) is 23.1 Å². The Balaban J connectivity index is 1.40. The van der Waals surface area contributed by atoms with Gasteiger partial charge in [-0.05, 0) is 91.7 Å². The van der Waals surface area contributed by atoms with Gasteiger partial charge in [-0.15, -0.1) is 0 Å². The van der Waals surface area contributed by atoms with Crippen LogP contribution in [0.5, 0.6) is 5.75 Å². The fourth-order valence-electron chi connectivity index (χ4n) is 5.26. The van der Waals surface area contributed by atoms with Crippen molar-refractivity contribution in [3.63, 3.8) is 0 Å². The zero-order chi connectivity index (χ0) is 23.7. The van der Waals surface area contributed by atoms with Gasteiger partial charge in [-0.2, -0.15) is 5.26 Å². The number of carbonyl (C=O) groups excluding carboxylic acids is 1. The number of ether oxygens (including phenoxy) is 1. The van der Waals surface area contributed by atoms with Crippen molar-refractivity contribution in [2.75, 3.05) is 31.6 Å². The molecule has 34 heavy (non-hydrogen) atoms. The number of anilines is 1. The first-order chi connectivity index (χ1) is 16.5. The molecule has 0 N–H and O–H groups in total. The number of hydrogen-bond acceptors (Lipinski definition) is 4. The third kappa shape index (κ3) is 4.16. The topological polar surface area (TPSA) is 56.6 Å². The zero-order valence-electron chi connectivity index (χ0n) is 19.1. The van der Waals surface area contributed by atoms with Crippen LogP contribution in [0.1, 0.15) is 39.9 Å². The Bertz CT molecular complexity index is 1260. The number of hydrogen-bond donors (Lipinski definition) is 0. The molecule has 2 aliphatic heterocycles. The number of amides is 1. The fourth-order valence-corrected chi connectivity index (χ4v) is 5.47. The summed E-state index contributed by atoms with van der Waals surface area (Å²) in [7, 11) is 1.68. The van der Waals surface area contributed by atoms with E-state index in [0.29, 0.717) is 17.7 Å². The highest BCUT2D eigenvalue weighted by Crippen LogP contribution is 2.48. The molecule has 2 heterocycles. The SMILES string of the molecule is COc1ccc2c(c1)C1(CCN(Cc3cccc(Cl)c3)CC1)CN2C(=O)c1ccc(C#N)cc1. The van der Waals surface area contributed by atoms with Gasteiger partial charge in [0.2, 0.25) is 0 Å². The van der Waals surface area contributed by atoms with Gasteiger partial charge < -0.3 is 9.64 Å². The second kappa shape index (κ2) is 9.13. The molecule has 5 rings (SSSR count). The third-order valence-electron chi connectivity index (χ3n) is 7.14. The molecule has 0 aromatic heterocycles. The summed E-state index contributed by atoms with van der Waals surface area (Å²) < 4.78 is 5.53. The molecule has 1 amide bonds. The van der Waals surface area contributed by atoms with Crippen molar-refractivity contribution in [2.45, 2.75) is 24.8 Å². The van der Waals surface area contributed by atoms with Crippen molar-refractivity contribution >= 4 is 23.2 Å². The number of nitriles is 1. The Morgan fingerprint density at radius 3 is 2.53 bits per heavy atom. The molecule has 0 aliphatic carbocycles. The standard InChI is InChI=1S/C28H26ClN3O2/c1-34-24-9-10-26-25(16-24)28(19-32(26)27(33)22-7-5-20(17-30)6-8-22)11-13-31(14-12-28)18-21-3-2-4-23(29)15-21/h2-10,15-16H,11-14,18-19H2,1H3. The lowest BCUT2D eigenvalue weighted by molar-refractivity contribution is 0.0975. The van der Waals surface area contributed by atoms with Crippen LogP contribution in [0.2, 0.25) is 5.02 Å². The summed E-state index contributed by atoms with van der Waals surface area (Å²) in [5.74, 6) is 0.779. The maximum atomic E-state index is 13.5. The highest BCUT2D eigenvalue weighted by molar-refractivity contribution is 6.30. The van der Waals surface area contributed by atoms with Gasteiger partial charge in [-0.25, -0.2) is 0 Å². The summed E-state index contributed by atoms with van der Waals surface area (Å²) in [5.41, 5.74) is 4.41. The fraction of sp³-hybridized carbons (Fsp3) is 0.286. The lowest BCUT2D eigenvalue weighted by Crippen LogP contribution is -2.45. The number of fused-ring (bicyclic) bond motifs is 2. The minimum absolute atomic E-state index is 0.0332. The van der Waals surface area contributed by atoms with Crippen LogP contribution < -0.4 is 9.64 Å². The Kier molecular flexibility index (Phi) is 6.03. The molecule has 0 radical (unpaired) electrons. The van der Waals surface area contributed by atoms with Crippen LogP contribution in [0, 0.1) is 11.3 Å². The van der Waals surface area contributed by atoms with Crippen LogP contribution in [-0.2, 0) is 12.0 Å². The molecule has 0 saturated carbocycles. The molecule has 5 nitrogen and oxygen atoms in total. The summed E-state index contributed by atoms with van der Waals surface area (Å²) >= 11 is 6.18. The number of methoxy groups -OCH3 is 1. The molecule has 1 saturated heterocycles. The highest BCUT2D eigenvalue weighted by atomic mass is 35.5. The predicted octanol–water partition coefficient (Wildman–Crippen LogP) is 5.41. The normalized spacial score (nSPS) is 16.8. The molecule has 1 fully saturated rings. The minimum Gasteiger partial charge on any atom is -0.497 e. The Labute approximate surface area is 205 Å². The van der Waals surface area contributed by atoms with Gasteiger partial charge in [0.25, 0.3) is 5.91 Å². The van der Waals surface area contributed by atoms with E-state index in [-0.39, 0.29) is 11.3 Å². The van der Waals surface area contributed by atoms with E-state index in [1.54, 1.807) is 31.4 Å². The van der Waals surface area contributed by atoms with Crippen molar-refractivity contribution < 1.29 is 9.53 Å². The molecule has 2 aliphatic rings. The number of benzene rings is 3. The smallest absolute Gasteiger partial charge is 0.258 e. The van der Waals surface area contributed by atoms with Crippen LogP contribution >= 0.6 is 11.6 Å². The van der Waals surface area contributed by atoms with Gasteiger partial charge in [-0.1, -0.05) is 23.7 Å². The lowest BCUT2D eigenvalue weighted by Gasteiger charge is -2.40. The molecule has 0 bridgehead atoms. The summed E-state index contributed by atoms with van der Waals surface area (Å²) in [6, 6.07) is 23.1. The van der Waals surface area contributed by atoms with Crippen LogP contribution in [0.3, 0.4) is 0 Å². The van der Waals surface area contributed by atoms with E-state index in [1.807, 2.05) is 35.2 Å². The van der Waals surface area contributed by atoms with E-state index in [9.17, 15) is 4.79 Å². The first-order valence-electron chi connectivity index (χ1n) is 11.5. The molecule has 0 unspecified atom stereocenters. The molecule has 1 spiro atoms. The average Bonchev–Trinajstić information content (AvgIpc) is 3.18. The number of rotatable bonds is 4. The van der Waals surface area contributed by atoms with E-state index in [4.69, 9.17) is 21.6 Å². The second-order valence-corrected chi connectivity index (χ2v) is 9.59. The second-order valence-electron chi connectivity index (χ2n) is 9.15. The summed E-state index contributed by atoms with van der Waals surface area (Å²) in [5, 5.41) is 9.85. The van der Waals surface area contributed by atoms with Gasteiger partial charge in [0.05, 0.1) is 18.7 Å². The predicted molar refractivity (Wildman–Crippen MR) is 133 cm³/mol. The monoisotopic (exact) mass is 471 g/mol. The van der Waals surface area contributed by atoms with E-state index in [1.165, 1.54) is 11.1 Å². The largest absolute Gasteiger partial charge is 0.497 e. The summed E-state index contributed by atoms with van der Waals surface area (Å²) in [6.07, 6.45) is 1.93. The van der Waals surface area contributed by atoms with E-state index < -0.39 is 0 Å². The first-order valence-corrected chi connectivity index (χ1v) is 11.9. The van der Waals surface area contributed by atoms with Gasteiger partial charge in [0.1, 0.15) is 5.75 Å². The number of likely N-dealkylation sites (tertiary alicyclic amines) is 1.